The molecule has 0 aromatic carbocycles. The summed E-state index contributed by atoms with van der Waals surface area (Å²) in [6.07, 6.45) is 3.71. The molecule has 2 heteroatoms. The zero-order valence-electron chi connectivity index (χ0n) is 4.82. The van der Waals surface area contributed by atoms with Gasteiger partial charge in [-0.25, -0.2) is 0 Å². The summed E-state index contributed by atoms with van der Waals surface area (Å²) in [4.78, 5) is 4.03. The largest absolute Gasteiger partial charge is 0.265 e. The highest BCUT2D eigenvalue weighted by atomic mass is 35.5. The quantitative estimate of drug-likeness (QED) is 0.476. The second-order valence-corrected chi connectivity index (χ2v) is 2.43. The van der Waals surface area contributed by atoms with Crippen molar-refractivity contribution in [2.75, 3.05) is 0 Å². The van der Waals surface area contributed by atoms with Crippen molar-refractivity contribution in [3.63, 3.8) is 0 Å². The average Bonchev–Trinajstić information content (AvgIpc) is 1.77. The Hall–Kier alpha value is -0.300. The lowest BCUT2D eigenvalue weighted by molar-refractivity contribution is 1.03. The number of allylic oxidation sites excluding steroid dienone is 1. The number of hydrogen-bond acceptors (Lipinski definition) is 1. The summed E-state index contributed by atoms with van der Waals surface area (Å²) in [5.41, 5.74) is 1.18. The van der Waals surface area contributed by atoms with Crippen LogP contribution >= 0.6 is 11.6 Å². The zero-order chi connectivity index (χ0) is 5.98. The predicted molar refractivity (Wildman–Crippen MR) is 36.3 cm³/mol. The number of rotatable bonds is 0. The van der Waals surface area contributed by atoms with Crippen molar-refractivity contribution in [1.82, 2.24) is 0 Å². The van der Waals surface area contributed by atoms with Crippen molar-refractivity contribution in [2.24, 2.45) is 4.99 Å². The molecule has 1 heterocycles. The van der Waals surface area contributed by atoms with Gasteiger partial charge in [-0.05, 0) is 19.8 Å². The van der Waals surface area contributed by atoms with E-state index in [1.54, 1.807) is 6.20 Å². The first-order valence-electron chi connectivity index (χ1n) is 2.67. The molecule has 0 spiro atoms. The van der Waals surface area contributed by atoms with Crippen LogP contribution in [0, 0.1) is 0 Å². The minimum Gasteiger partial charge on any atom is -0.265 e. The monoisotopic (exact) mass is 129 g/mol. The smallest absolute Gasteiger partial charge is 0.0412 e. The fourth-order valence-electron chi connectivity index (χ4n) is 0.610. The number of halogens is 1. The van der Waals surface area contributed by atoms with E-state index in [1.807, 2.05) is 6.92 Å². The summed E-state index contributed by atoms with van der Waals surface area (Å²) in [6.45, 7) is 2.01. The van der Waals surface area contributed by atoms with Crippen molar-refractivity contribution >= 4 is 17.3 Å². The molecule has 0 unspecified atom stereocenters. The van der Waals surface area contributed by atoms with E-state index < -0.39 is 0 Å². The second kappa shape index (κ2) is 2.31. The fourth-order valence-corrected chi connectivity index (χ4v) is 0.753. The lowest BCUT2D eigenvalue weighted by Gasteiger charge is -2.02. The molecule has 44 valence electrons. The van der Waals surface area contributed by atoms with Gasteiger partial charge in [0.25, 0.3) is 0 Å². The van der Waals surface area contributed by atoms with E-state index in [1.165, 1.54) is 5.71 Å². The molecular formula is C6H8ClN. The highest BCUT2D eigenvalue weighted by molar-refractivity contribution is 6.29. The third-order valence-corrected chi connectivity index (χ3v) is 1.44. The minimum atomic E-state index is 0.871. The molecule has 0 aromatic heterocycles. The van der Waals surface area contributed by atoms with E-state index in [4.69, 9.17) is 11.6 Å². The Morgan fingerprint density at radius 3 is 2.75 bits per heavy atom. The van der Waals surface area contributed by atoms with Crippen LogP contribution in [0.3, 0.4) is 0 Å². The highest BCUT2D eigenvalue weighted by Crippen LogP contribution is 2.14. The molecular weight excluding hydrogens is 122 g/mol. The molecule has 1 aliphatic heterocycles. The molecule has 0 fully saturated rings. The standard InChI is InChI=1S/C6H8ClN/c1-5-2-3-6(7)4-8-5/h4H,2-3H2,1H3. The second-order valence-electron chi connectivity index (χ2n) is 1.94. The van der Waals surface area contributed by atoms with Crippen LogP contribution < -0.4 is 0 Å². The van der Waals surface area contributed by atoms with E-state index >= 15 is 0 Å². The predicted octanol–water partition coefficient (Wildman–Crippen LogP) is 2.32. The van der Waals surface area contributed by atoms with Gasteiger partial charge in [0.15, 0.2) is 0 Å². The van der Waals surface area contributed by atoms with Crippen molar-refractivity contribution in [3.05, 3.63) is 11.2 Å². The Balaban J connectivity index is 2.65. The molecule has 0 radical (unpaired) electrons. The lowest BCUT2D eigenvalue weighted by Crippen LogP contribution is -1.94. The number of nitrogens with zero attached hydrogens (tertiary/aromatic N) is 1. The molecule has 0 aromatic rings. The summed E-state index contributed by atoms with van der Waals surface area (Å²) in [5.74, 6) is 0. The summed E-state index contributed by atoms with van der Waals surface area (Å²) >= 11 is 5.64. The maximum Gasteiger partial charge on any atom is 0.0412 e. The van der Waals surface area contributed by atoms with Gasteiger partial charge < -0.3 is 0 Å². The maximum atomic E-state index is 5.64. The zero-order valence-corrected chi connectivity index (χ0v) is 5.57. The van der Waals surface area contributed by atoms with Gasteiger partial charge >= 0.3 is 0 Å². The van der Waals surface area contributed by atoms with Gasteiger partial charge in [-0.3, -0.25) is 4.99 Å². The van der Waals surface area contributed by atoms with Crippen molar-refractivity contribution in [1.29, 1.82) is 0 Å². The van der Waals surface area contributed by atoms with Gasteiger partial charge in [-0.1, -0.05) is 11.6 Å². The highest BCUT2D eigenvalue weighted by Gasteiger charge is 1.99. The van der Waals surface area contributed by atoms with Gasteiger partial charge in [-0.15, -0.1) is 0 Å². The van der Waals surface area contributed by atoms with E-state index in [2.05, 4.69) is 4.99 Å². The maximum absolute atomic E-state index is 5.64. The first kappa shape index (κ1) is 5.83. The Morgan fingerprint density at radius 1 is 1.62 bits per heavy atom. The summed E-state index contributed by atoms with van der Waals surface area (Å²) < 4.78 is 0. The van der Waals surface area contributed by atoms with E-state index in [0.717, 1.165) is 17.9 Å². The van der Waals surface area contributed by atoms with Gasteiger partial charge in [-0.2, -0.15) is 0 Å². The first-order chi connectivity index (χ1) is 3.79. The van der Waals surface area contributed by atoms with Crippen LogP contribution in [-0.4, -0.2) is 5.71 Å². The van der Waals surface area contributed by atoms with Gasteiger partial charge in [0.2, 0.25) is 0 Å². The molecule has 1 aliphatic rings. The average molecular weight is 130 g/mol. The van der Waals surface area contributed by atoms with Crippen molar-refractivity contribution in [3.8, 4) is 0 Å². The summed E-state index contributed by atoms with van der Waals surface area (Å²) in [5, 5.41) is 0.871. The van der Waals surface area contributed by atoms with Crippen LogP contribution in [0.15, 0.2) is 16.2 Å². The first-order valence-corrected chi connectivity index (χ1v) is 3.04. The fraction of sp³-hybridized carbons (Fsp3) is 0.500. The normalized spacial score (nSPS) is 19.8. The van der Waals surface area contributed by atoms with Gasteiger partial charge in [0.05, 0.1) is 0 Å². The molecule has 0 aliphatic carbocycles. The SMILES string of the molecule is CC1=NC=C(Cl)CC1. The molecule has 0 saturated carbocycles. The molecule has 1 rings (SSSR count). The third kappa shape index (κ3) is 1.34. The number of hydrogen-bond donors (Lipinski definition) is 0. The molecule has 8 heavy (non-hydrogen) atoms. The lowest BCUT2D eigenvalue weighted by atomic mass is 10.2. The van der Waals surface area contributed by atoms with Crippen LogP contribution in [0.4, 0.5) is 0 Å². The van der Waals surface area contributed by atoms with E-state index in [-0.39, 0.29) is 0 Å². The summed E-state index contributed by atoms with van der Waals surface area (Å²) in [7, 11) is 0. The Kier molecular flexibility index (Phi) is 1.69. The van der Waals surface area contributed by atoms with Crippen LogP contribution in [0.2, 0.25) is 0 Å². The van der Waals surface area contributed by atoms with E-state index in [0.29, 0.717) is 0 Å². The van der Waals surface area contributed by atoms with E-state index in [9.17, 15) is 0 Å². The van der Waals surface area contributed by atoms with Crippen molar-refractivity contribution in [2.45, 2.75) is 19.8 Å². The Labute approximate surface area is 54.1 Å². The molecule has 0 bridgehead atoms. The van der Waals surface area contributed by atoms with Crippen LogP contribution in [0.25, 0.3) is 0 Å². The minimum absolute atomic E-state index is 0.871. The molecule has 0 atom stereocenters. The Morgan fingerprint density at radius 2 is 2.38 bits per heavy atom. The van der Waals surface area contributed by atoms with Gasteiger partial charge in [0.1, 0.15) is 0 Å². The molecule has 1 nitrogen and oxygen atoms in total. The topological polar surface area (TPSA) is 12.4 Å². The Bertz CT molecular complexity index is 129. The molecule has 0 N–H and O–H groups in total. The van der Waals surface area contributed by atoms with Crippen molar-refractivity contribution < 1.29 is 0 Å². The summed E-state index contributed by atoms with van der Waals surface area (Å²) in [6, 6.07) is 0. The molecule has 0 amide bonds. The molecule has 0 saturated heterocycles. The number of aliphatic imine (C=N–C) groups is 1. The van der Waals surface area contributed by atoms with Crippen LogP contribution in [-0.2, 0) is 0 Å². The van der Waals surface area contributed by atoms with Crippen LogP contribution in [0.1, 0.15) is 19.8 Å². The van der Waals surface area contributed by atoms with Gasteiger partial charge in [0, 0.05) is 16.9 Å². The van der Waals surface area contributed by atoms with Crippen LogP contribution in [0.5, 0.6) is 0 Å². The third-order valence-electron chi connectivity index (χ3n) is 1.15.